The molecule has 1 rings (SSSR count). The second-order valence-electron chi connectivity index (χ2n) is 5.83. The summed E-state index contributed by atoms with van der Waals surface area (Å²) in [6.07, 6.45) is -0.744. The molecule has 0 aliphatic rings. The summed E-state index contributed by atoms with van der Waals surface area (Å²) in [7, 11) is 0. The predicted octanol–water partition coefficient (Wildman–Crippen LogP) is 2.09. The van der Waals surface area contributed by atoms with Crippen LogP contribution >= 0.6 is 0 Å². The van der Waals surface area contributed by atoms with E-state index in [1.165, 1.54) is 0 Å². The molecule has 122 valence electrons. The molecular formula is C16H24N2O4. The van der Waals surface area contributed by atoms with E-state index in [4.69, 9.17) is 9.47 Å². The first-order valence-corrected chi connectivity index (χ1v) is 7.23. The fraction of sp³-hybridized carbons (Fsp3) is 0.500. The summed E-state index contributed by atoms with van der Waals surface area (Å²) in [4.78, 5) is 23.3. The zero-order valence-electron chi connectivity index (χ0n) is 13.5. The zero-order chi connectivity index (χ0) is 16.6. The van der Waals surface area contributed by atoms with Gasteiger partial charge in [0.25, 0.3) is 0 Å². The van der Waals surface area contributed by atoms with Gasteiger partial charge in [-0.05, 0) is 39.8 Å². The molecule has 0 bridgehead atoms. The molecule has 0 aromatic heterocycles. The Kier molecular flexibility index (Phi) is 6.85. The molecule has 0 radical (unpaired) electrons. The van der Waals surface area contributed by atoms with E-state index >= 15 is 0 Å². The van der Waals surface area contributed by atoms with Gasteiger partial charge in [0.1, 0.15) is 18.0 Å². The van der Waals surface area contributed by atoms with Gasteiger partial charge in [-0.1, -0.05) is 18.2 Å². The molecule has 6 heteroatoms. The van der Waals surface area contributed by atoms with Crippen LogP contribution in [0.2, 0.25) is 0 Å². The maximum Gasteiger partial charge on any atom is 0.414 e. The van der Waals surface area contributed by atoms with Gasteiger partial charge in [0.05, 0.1) is 6.04 Å². The highest BCUT2D eigenvalue weighted by molar-refractivity contribution is 5.94. The lowest BCUT2D eigenvalue weighted by Gasteiger charge is -2.20. The number of benzene rings is 1. The van der Waals surface area contributed by atoms with E-state index in [2.05, 4.69) is 10.6 Å². The van der Waals surface area contributed by atoms with Crippen molar-refractivity contribution >= 4 is 12.0 Å². The number of hydrogen-bond acceptors (Lipinski definition) is 5. The molecule has 0 saturated carbocycles. The molecule has 1 aromatic carbocycles. The Morgan fingerprint density at radius 3 is 2.41 bits per heavy atom. The van der Waals surface area contributed by atoms with E-state index in [9.17, 15) is 9.59 Å². The fourth-order valence-electron chi connectivity index (χ4n) is 1.57. The number of ether oxygens (including phenoxy) is 2. The average molecular weight is 308 g/mol. The SMILES string of the molecule is C[C@@H](NCCOc1ccccc1)C(=O)NC(=O)OC(C)(C)C. The van der Waals surface area contributed by atoms with E-state index in [0.29, 0.717) is 13.2 Å². The molecule has 2 N–H and O–H groups in total. The Bertz CT molecular complexity index is 483. The van der Waals surface area contributed by atoms with Gasteiger partial charge in [-0.25, -0.2) is 4.79 Å². The van der Waals surface area contributed by atoms with E-state index in [1.807, 2.05) is 30.3 Å². The van der Waals surface area contributed by atoms with Crippen LogP contribution in [0.3, 0.4) is 0 Å². The van der Waals surface area contributed by atoms with E-state index < -0.39 is 23.6 Å². The van der Waals surface area contributed by atoms with Gasteiger partial charge < -0.3 is 14.8 Å². The quantitative estimate of drug-likeness (QED) is 0.787. The number of amides is 2. The van der Waals surface area contributed by atoms with Crippen LogP contribution in [0.15, 0.2) is 30.3 Å². The Labute approximate surface area is 131 Å². The van der Waals surface area contributed by atoms with Crippen LogP contribution in [0.25, 0.3) is 0 Å². The van der Waals surface area contributed by atoms with Crippen LogP contribution in [0.4, 0.5) is 4.79 Å². The van der Waals surface area contributed by atoms with Gasteiger partial charge in [-0.3, -0.25) is 10.1 Å². The van der Waals surface area contributed by atoms with Crippen LogP contribution in [0.5, 0.6) is 5.75 Å². The summed E-state index contributed by atoms with van der Waals surface area (Å²) in [5.41, 5.74) is -0.634. The molecule has 0 fully saturated rings. The second kappa shape index (κ2) is 8.38. The topological polar surface area (TPSA) is 76.7 Å². The van der Waals surface area contributed by atoms with Gasteiger partial charge in [0.15, 0.2) is 0 Å². The molecule has 1 atom stereocenters. The number of carbonyl (C=O) groups excluding carboxylic acids is 2. The highest BCUT2D eigenvalue weighted by Crippen LogP contribution is 2.07. The number of nitrogens with one attached hydrogen (secondary N) is 2. The molecule has 0 saturated heterocycles. The summed E-state index contributed by atoms with van der Waals surface area (Å²) in [6.45, 7) is 7.78. The molecule has 2 amide bonds. The molecule has 22 heavy (non-hydrogen) atoms. The third kappa shape index (κ3) is 7.64. The normalized spacial score (nSPS) is 12.4. The summed E-state index contributed by atoms with van der Waals surface area (Å²) in [5.74, 6) is 0.337. The maximum atomic E-state index is 11.8. The number of imide groups is 1. The summed E-state index contributed by atoms with van der Waals surface area (Å²) in [5, 5.41) is 5.17. The van der Waals surface area contributed by atoms with Gasteiger partial charge in [0.2, 0.25) is 5.91 Å². The van der Waals surface area contributed by atoms with Gasteiger partial charge >= 0.3 is 6.09 Å². The minimum Gasteiger partial charge on any atom is -0.492 e. The van der Waals surface area contributed by atoms with Crippen molar-refractivity contribution in [1.82, 2.24) is 10.6 Å². The van der Waals surface area contributed by atoms with Crippen LogP contribution in [-0.2, 0) is 9.53 Å². The standard InChI is InChI=1S/C16H24N2O4/c1-12(14(19)18-15(20)22-16(2,3)4)17-10-11-21-13-8-6-5-7-9-13/h5-9,12,17H,10-11H2,1-4H3,(H,18,19,20)/t12-/m1/s1. The maximum absolute atomic E-state index is 11.8. The lowest BCUT2D eigenvalue weighted by Crippen LogP contribution is -2.47. The van der Waals surface area contributed by atoms with Crippen molar-refractivity contribution in [3.63, 3.8) is 0 Å². The van der Waals surface area contributed by atoms with Gasteiger partial charge in [-0.15, -0.1) is 0 Å². The highest BCUT2D eigenvalue weighted by Gasteiger charge is 2.20. The number of alkyl carbamates (subject to hydrolysis) is 1. The molecule has 1 aromatic rings. The minimum atomic E-state index is -0.744. The average Bonchev–Trinajstić information content (AvgIpc) is 2.42. The number of carbonyl (C=O) groups is 2. The third-order valence-corrected chi connectivity index (χ3v) is 2.58. The minimum absolute atomic E-state index is 0.425. The first kappa shape index (κ1) is 18.0. The smallest absolute Gasteiger partial charge is 0.414 e. The summed E-state index contributed by atoms with van der Waals surface area (Å²) >= 11 is 0. The van der Waals surface area contributed by atoms with Crippen molar-refractivity contribution in [2.24, 2.45) is 0 Å². The van der Waals surface area contributed by atoms with Crippen LogP contribution in [0.1, 0.15) is 27.7 Å². The number of para-hydroxylation sites is 1. The van der Waals surface area contributed by atoms with E-state index in [-0.39, 0.29) is 0 Å². The summed E-state index contributed by atoms with van der Waals surface area (Å²) < 4.78 is 10.5. The molecule has 0 spiro atoms. The Morgan fingerprint density at radius 1 is 1.18 bits per heavy atom. The molecule has 6 nitrogen and oxygen atoms in total. The number of hydrogen-bond donors (Lipinski definition) is 2. The summed E-state index contributed by atoms with van der Waals surface area (Å²) in [6, 6.07) is 8.89. The Balaban J connectivity index is 2.22. The van der Waals surface area contributed by atoms with E-state index in [0.717, 1.165) is 5.75 Å². The van der Waals surface area contributed by atoms with E-state index in [1.54, 1.807) is 27.7 Å². The van der Waals surface area contributed by atoms with Crippen molar-refractivity contribution in [1.29, 1.82) is 0 Å². The molecule has 0 aliphatic heterocycles. The van der Waals surface area contributed by atoms with Crippen molar-refractivity contribution in [2.75, 3.05) is 13.2 Å². The third-order valence-electron chi connectivity index (χ3n) is 2.58. The Hall–Kier alpha value is -2.08. The number of rotatable bonds is 6. The lowest BCUT2D eigenvalue weighted by atomic mass is 10.2. The molecular weight excluding hydrogens is 284 g/mol. The van der Waals surface area contributed by atoms with Crippen molar-refractivity contribution < 1.29 is 19.1 Å². The van der Waals surface area contributed by atoms with Gasteiger partial charge in [0, 0.05) is 6.54 Å². The predicted molar refractivity (Wildman–Crippen MR) is 83.8 cm³/mol. The Morgan fingerprint density at radius 2 is 1.82 bits per heavy atom. The highest BCUT2D eigenvalue weighted by atomic mass is 16.6. The second-order valence-corrected chi connectivity index (χ2v) is 5.83. The first-order valence-electron chi connectivity index (χ1n) is 7.23. The largest absolute Gasteiger partial charge is 0.492 e. The van der Waals surface area contributed by atoms with Crippen LogP contribution in [0, 0.1) is 0 Å². The zero-order valence-corrected chi connectivity index (χ0v) is 13.5. The van der Waals surface area contributed by atoms with Crippen molar-refractivity contribution in [2.45, 2.75) is 39.3 Å². The fourth-order valence-corrected chi connectivity index (χ4v) is 1.57. The van der Waals surface area contributed by atoms with Crippen LogP contribution in [-0.4, -0.2) is 36.8 Å². The van der Waals surface area contributed by atoms with Crippen molar-refractivity contribution in [3.05, 3.63) is 30.3 Å². The molecule has 0 aliphatic carbocycles. The van der Waals surface area contributed by atoms with Crippen LogP contribution < -0.4 is 15.4 Å². The lowest BCUT2D eigenvalue weighted by molar-refractivity contribution is -0.122. The van der Waals surface area contributed by atoms with Gasteiger partial charge in [-0.2, -0.15) is 0 Å². The first-order chi connectivity index (χ1) is 10.3. The molecule has 0 unspecified atom stereocenters. The van der Waals surface area contributed by atoms with Crippen molar-refractivity contribution in [3.8, 4) is 5.75 Å². The monoisotopic (exact) mass is 308 g/mol. The molecule has 0 heterocycles.